The standard InChI is InChI=1S/C23H23N3O4/c1-15(2)26-20(13-14-24-26)25-22(28)16(3)30-23(29)19-12-8-7-11-18(19)21(27)17-9-5-4-6-10-17/h4-16H,1-3H3,(H,25,28). The highest BCUT2D eigenvalue weighted by Crippen LogP contribution is 2.18. The second kappa shape index (κ2) is 9.17. The maximum atomic E-state index is 12.8. The van der Waals surface area contributed by atoms with E-state index in [9.17, 15) is 14.4 Å². The van der Waals surface area contributed by atoms with Crippen molar-refractivity contribution in [2.45, 2.75) is 32.9 Å². The molecule has 1 aromatic heterocycles. The van der Waals surface area contributed by atoms with Crippen molar-refractivity contribution in [2.75, 3.05) is 5.32 Å². The van der Waals surface area contributed by atoms with E-state index in [-0.39, 0.29) is 23.0 Å². The van der Waals surface area contributed by atoms with Crippen LogP contribution in [0.25, 0.3) is 0 Å². The Labute approximate surface area is 174 Å². The number of ketones is 1. The third kappa shape index (κ3) is 4.63. The SMILES string of the molecule is CC(OC(=O)c1ccccc1C(=O)c1ccccc1)C(=O)Nc1ccnn1C(C)C. The Bertz CT molecular complexity index is 1060. The average molecular weight is 405 g/mol. The summed E-state index contributed by atoms with van der Waals surface area (Å²) in [7, 11) is 0. The predicted octanol–water partition coefficient (Wildman–Crippen LogP) is 3.88. The average Bonchev–Trinajstić information content (AvgIpc) is 3.22. The molecule has 7 heteroatoms. The van der Waals surface area contributed by atoms with Crippen molar-refractivity contribution in [3.63, 3.8) is 0 Å². The lowest BCUT2D eigenvalue weighted by atomic mass is 9.98. The van der Waals surface area contributed by atoms with E-state index < -0.39 is 18.0 Å². The lowest BCUT2D eigenvalue weighted by molar-refractivity contribution is -0.123. The van der Waals surface area contributed by atoms with Crippen LogP contribution in [0.3, 0.4) is 0 Å². The maximum Gasteiger partial charge on any atom is 0.339 e. The van der Waals surface area contributed by atoms with E-state index in [1.807, 2.05) is 19.9 Å². The highest BCUT2D eigenvalue weighted by molar-refractivity contribution is 6.14. The van der Waals surface area contributed by atoms with Gasteiger partial charge in [0.1, 0.15) is 5.82 Å². The van der Waals surface area contributed by atoms with E-state index in [1.165, 1.54) is 13.0 Å². The van der Waals surface area contributed by atoms with Gasteiger partial charge in [-0.25, -0.2) is 9.48 Å². The molecule has 0 saturated carbocycles. The van der Waals surface area contributed by atoms with Gasteiger partial charge in [-0.3, -0.25) is 9.59 Å². The van der Waals surface area contributed by atoms with Gasteiger partial charge in [-0.1, -0.05) is 48.5 Å². The fourth-order valence-corrected chi connectivity index (χ4v) is 2.93. The van der Waals surface area contributed by atoms with Crippen molar-refractivity contribution in [2.24, 2.45) is 0 Å². The summed E-state index contributed by atoms with van der Waals surface area (Å²) in [6.45, 7) is 5.35. The number of benzene rings is 2. The van der Waals surface area contributed by atoms with Gasteiger partial charge in [-0.15, -0.1) is 0 Å². The summed E-state index contributed by atoms with van der Waals surface area (Å²) in [6.07, 6.45) is 0.519. The van der Waals surface area contributed by atoms with Crippen molar-refractivity contribution in [1.29, 1.82) is 0 Å². The van der Waals surface area contributed by atoms with Crippen molar-refractivity contribution < 1.29 is 19.1 Å². The molecule has 3 aromatic rings. The first-order valence-electron chi connectivity index (χ1n) is 9.62. The van der Waals surface area contributed by atoms with E-state index in [2.05, 4.69) is 10.4 Å². The number of nitrogens with one attached hydrogen (secondary N) is 1. The summed E-state index contributed by atoms with van der Waals surface area (Å²) in [5.41, 5.74) is 0.794. The molecule has 1 atom stereocenters. The summed E-state index contributed by atoms with van der Waals surface area (Å²) in [6, 6.07) is 16.8. The number of anilines is 1. The van der Waals surface area contributed by atoms with Gasteiger partial charge in [0.15, 0.2) is 11.9 Å². The van der Waals surface area contributed by atoms with Gasteiger partial charge in [-0.2, -0.15) is 5.10 Å². The Hall–Kier alpha value is -3.74. The molecule has 3 rings (SSSR count). The van der Waals surface area contributed by atoms with Crippen LogP contribution in [0.2, 0.25) is 0 Å². The molecule has 30 heavy (non-hydrogen) atoms. The third-order valence-corrected chi connectivity index (χ3v) is 4.49. The zero-order chi connectivity index (χ0) is 21.7. The number of hydrogen-bond acceptors (Lipinski definition) is 5. The lowest BCUT2D eigenvalue weighted by Crippen LogP contribution is -2.31. The fraction of sp³-hybridized carbons (Fsp3) is 0.217. The first kappa shape index (κ1) is 21.0. The van der Waals surface area contributed by atoms with Crippen LogP contribution in [0.15, 0.2) is 66.9 Å². The first-order valence-corrected chi connectivity index (χ1v) is 9.62. The molecule has 7 nitrogen and oxygen atoms in total. The number of carbonyl (C=O) groups excluding carboxylic acids is 3. The van der Waals surface area contributed by atoms with Crippen molar-refractivity contribution >= 4 is 23.5 Å². The number of nitrogens with zero attached hydrogens (tertiary/aromatic N) is 2. The second-order valence-corrected chi connectivity index (χ2v) is 7.03. The monoisotopic (exact) mass is 405 g/mol. The van der Waals surface area contributed by atoms with Gasteiger partial charge in [0, 0.05) is 23.2 Å². The minimum absolute atomic E-state index is 0.0593. The number of amides is 1. The summed E-state index contributed by atoms with van der Waals surface area (Å²) in [5.74, 6) is -1.01. The molecule has 1 unspecified atom stereocenters. The Morgan fingerprint density at radius 1 is 0.900 bits per heavy atom. The van der Waals surface area contributed by atoms with Crippen molar-refractivity contribution in [3.05, 3.63) is 83.6 Å². The Kier molecular flexibility index (Phi) is 6.41. The molecule has 1 heterocycles. The number of hydrogen-bond donors (Lipinski definition) is 1. The zero-order valence-electron chi connectivity index (χ0n) is 17.0. The van der Waals surface area contributed by atoms with Crippen molar-refractivity contribution in [1.82, 2.24) is 9.78 Å². The van der Waals surface area contributed by atoms with E-state index in [0.717, 1.165) is 0 Å². The number of rotatable bonds is 7. The van der Waals surface area contributed by atoms with Crippen LogP contribution < -0.4 is 5.32 Å². The van der Waals surface area contributed by atoms with Gasteiger partial charge >= 0.3 is 5.97 Å². The molecule has 0 fully saturated rings. The van der Waals surface area contributed by atoms with Gasteiger partial charge < -0.3 is 10.1 Å². The van der Waals surface area contributed by atoms with Crippen LogP contribution in [0, 0.1) is 0 Å². The quantitative estimate of drug-likeness (QED) is 0.476. The minimum atomic E-state index is -1.06. The minimum Gasteiger partial charge on any atom is -0.449 e. The Morgan fingerprint density at radius 3 is 2.20 bits per heavy atom. The summed E-state index contributed by atoms with van der Waals surface area (Å²) >= 11 is 0. The normalized spacial score (nSPS) is 11.7. The lowest BCUT2D eigenvalue weighted by Gasteiger charge is -2.16. The molecule has 0 saturated heterocycles. The van der Waals surface area contributed by atoms with Crippen LogP contribution in [0.4, 0.5) is 5.82 Å². The second-order valence-electron chi connectivity index (χ2n) is 7.03. The van der Waals surface area contributed by atoms with E-state index in [0.29, 0.717) is 11.4 Å². The van der Waals surface area contributed by atoms with Crippen molar-refractivity contribution in [3.8, 4) is 0 Å². The number of ether oxygens (including phenoxy) is 1. The first-order chi connectivity index (χ1) is 14.4. The molecule has 154 valence electrons. The molecule has 0 bridgehead atoms. The summed E-state index contributed by atoms with van der Waals surface area (Å²) < 4.78 is 6.99. The predicted molar refractivity (Wildman–Crippen MR) is 112 cm³/mol. The molecular formula is C23H23N3O4. The van der Waals surface area contributed by atoms with Crippen LogP contribution >= 0.6 is 0 Å². The molecule has 2 aromatic carbocycles. The molecule has 0 aliphatic rings. The van der Waals surface area contributed by atoms with Gasteiger partial charge in [-0.05, 0) is 26.8 Å². The molecule has 0 aliphatic carbocycles. The number of aromatic nitrogens is 2. The van der Waals surface area contributed by atoms with Crippen LogP contribution in [0.1, 0.15) is 53.1 Å². The van der Waals surface area contributed by atoms with Gasteiger partial charge in [0.05, 0.1) is 11.8 Å². The fourth-order valence-electron chi connectivity index (χ4n) is 2.93. The highest BCUT2D eigenvalue weighted by Gasteiger charge is 2.24. The summed E-state index contributed by atoms with van der Waals surface area (Å²) in [4.78, 5) is 38.0. The number of esters is 1. The smallest absolute Gasteiger partial charge is 0.339 e. The largest absolute Gasteiger partial charge is 0.449 e. The topological polar surface area (TPSA) is 90.3 Å². The highest BCUT2D eigenvalue weighted by atomic mass is 16.5. The van der Waals surface area contributed by atoms with E-state index in [1.54, 1.807) is 59.4 Å². The van der Waals surface area contributed by atoms with E-state index >= 15 is 0 Å². The maximum absolute atomic E-state index is 12.8. The molecule has 1 N–H and O–H groups in total. The van der Waals surface area contributed by atoms with Gasteiger partial charge in [0.2, 0.25) is 0 Å². The number of carbonyl (C=O) groups is 3. The van der Waals surface area contributed by atoms with E-state index in [4.69, 9.17) is 4.74 Å². The van der Waals surface area contributed by atoms with Crippen LogP contribution in [0.5, 0.6) is 0 Å². The Balaban J connectivity index is 1.74. The molecule has 0 spiro atoms. The third-order valence-electron chi connectivity index (χ3n) is 4.49. The van der Waals surface area contributed by atoms with Crippen LogP contribution in [-0.4, -0.2) is 33.5 Å². The van der Waals surface area contributed by atoms with Crippen LogP contribution in [-0.2, 0) is 9.53 Å². The van der Waals surface area contributed by atoms with Gasteiger partial charge in [0.25, 0.3) is 5.91 Å². The Morgan fingerprint density at radius 2 is 1.53 bits per heavy atom. The summed E-state index contributed by atoms with van der Waals surface area (Å²) in [5, 5.41) is 6.86. The molecule has 0 radical (unpaired) electrons. The molecular weight excluding hydrogens is 382 g/mol. The molecule has 0 aliphatic heterocycles. The molecule has 1 amide bonds. The zero-order valence-corrected chi connectivity index (χ0v) is 17.0.